The van der Waals surface area contributed by atoms with Crippen molar-refractivity contribution in [2.75, 3.05) is 6.26 Å². The fourth-order valence-corrected chi connectivity index (χ4v) is 1.84. The molecule has 0 bridgehead atoms. The monoisotopic (exact) mass is 301 g/mol. The largest absolute Gasteiger partial charge is 0.349 e. The number of halogens is 1. The molecule has 0 heterocycles. The zero-order valence-corrected chi connectivity index (χ0v) is 12.1. The topological polar surface area (TPSA) is 29.1 Å². The van der Waals surface area contributed by atoms with E-state index in [2.05, 4.69) is 45.5 Å². The Balaban J connectivity index is 2.65. The van der Waals surface area contributed by atoms with Gasteiger partial charge in [0.2, 0.25) is 5.91 Å². The van der Waals surface area contributed by atoms with Crippen molar-refractivity contribution in [3.05, 3.63) is 29.8 Å². The number of rotatable bonds is 4. The van der Waals surface area contributed by atoms with Crippen LogP contribution >= 0.6 is 27.7 Å². The summed E-state index contributed by atoms with van der Waals surface area (Å²) in [6.45, 7) is 3.81. The molecular weight excluding hydrogens is 286 g/mol. The van der Waals surface area contributed by atoms with E-state index in [4.69, 9.17) is 0 Å². The Morgan fingerprint density at radius 2 is 1.88 bits per heavy atom. The third kappa shape index (κ3) is 3.83. The highest BCUT2D eigenvalue weighted by atomic mass is 79.9. The van der Waals surface area contributed by atoms with Crippen LogP contribution in [0.5, 0.6) is 0 Å². The van der Waals surface area contributed by atoms with Crippen molar-refractivity contribution in [1.29, 1.82) is 0 Å². The van der Waals surface area contributed by atoms with Gasteiger partial charge in [0.1, 0.15) is 0 Å². The fourth-order valence-electron chi connectivity index (χ4n) is 1.30. The molecule has 0 aliphatic carbocycles. The third-order valence-electron chi connectivity index (χ3n) is 2.34. The van der Waals surface area contributed by atoms with Crippen LogP contribution in [0.25, 0.3) is 0 Å². The summed E-state index contributed by atoms with van der Waals surface area (Å²) in [7, 11) is 0. The average molecular weight is 302 g/mol. The Bertz CT molecular complexity index is 351. The van der Waals surface area contributed by atoms with Crippen LogP contribution in [0.3, 0.4) is 0 Å². The molecule has 0 radical (unpaired) electrons. The van der Waals surface area contributed by atoms with E-state index in [9.17, 15) is 4.79 Å². The second-order valence-electron chi connectivity index (χ2n) is 3.62. The summed E-state index contributed by atoms with van der Waals surface area (Å²) in [4.78, 5) is 12.6. The summed E-state index contributed by atoms with van der Waals surface area (Å²) >= 11 is 4.96. The second-order valence-corrected chi connectivity index (χ2v) is 5.87. The van der Waals surface area contributed by atoms with Gasteiger partial charge in [0.25, 0.3) is 0 Å². The van der Waals surface area contributed by atoms with Gasteiger partial charge in [-0.05, 0) is 37.8 Å². The smallest absolute Gasteiger partial charge is 0.233 e. The number of amides is 1. The summed E-state index contributed by atoms with van der Waals surface area (Å²) in [6, 6.07) is 8.29. The molecule has 0 saturated carbocycles. The highest BCUT2D eigenvalue weighted by molar-refractivity contribution is 9.10. The van der Waals surface area contributed by atoms with Gasteiger partial charge in [-0.25, -0.2) is 0 Å². The van der Waals surface area contributed by atoms with Crippen molar-refractivity contribution in [2.24, 2.45) is 0 Å². The number of hydrogen-bond donors (Lipinski definition) is 1. The lowest BCUT2D eigenvalue weighted by Gasteiger charge is -2.15. The number of hydrogen-bond acceptors (Lipinski definition) is 2. The molecule has 1 rings (SSSR count). The molecule has 0 aliphatic rings. The standard InChI is InChI=1S/C12H16BrNOS/c1-8(13)12(15)14-9(2)10-4-6-11(16-3)7-5-10/h4-9H,1-3H3,(H,14,15). The number of benzene rings is 1. The molecular formula is C12H16BrNOS. The SMILES string of the molecule is CSc1ccc(C(C)NC(=O)C(C)Br)cc1. The molecule has 1 N–H and O–H groups in total. The van der Waals surface area contributed by atoms with Gasteiger partial charge in [-0.3, -0.25) is 4.79 Å². The number of carbonyl (C=O) groups is 1. The van der Waals surface area contributed by atoms with E-state index in [0.29, 0.717) is 0 Å². The lowest BCUT2D eigenvalue weighted by Crippen LogP contribution is -2.31. The van der Waals surface area contributed by atoms with Crippen molar-refractivity contribution in [3.63, 3.8) is 0 Å². The predicted molar refractivity (Wildman–Crippen MR) is 73.2 cm³/mol. The van der Waals surface area contributed by atoms with E-state index in [1.165, 1.54) is 4.90 Å². The highest BCUT2D eigenvalue weighted by Gasteiger charge is 2.12. The van der Waals surface area contributed by atoms with Gasteiger partial charge in [0.05, 0.1) is 10.9 Å². The first-order valence-corrected chi connectivity index (χ1v) is 7.27. The first-order chi connectivity index (χ1) is 7.54. The molecule has 0 fully saturated rings. The summed E-state index contributed by atoms with van der Waals surface area (Å²) in [5, 5.41) is 2.94. The van der Waals surface area contributed by atoms with Crippen LogP contribution in [0.15, 0.2) is 29.2 Å². The van der Waals surface area contributed by atoms with Crippen molar-refractivity contribution >= 4 is 33.6 Å². The van der Waals surface area contributed by atoms with Crippen LogP contribution in [0.4, 0.5) is 0 Å². The van der Waals surface area contributed by atoms with Gasteiger partial charge in [-0.1, -0.05) is 28.1 Å². The highest BCUT2D eigenvalue weighted by Crippen LogP contribution is 2.19. The summed E-state index contributed by atoms with van der Waals surface area (Å²) in [5.41, 5.74) is 1.12. The molecule has 1 amide bonds. The van der Waals surface area contributed by atoms with Crippen LogP contribution < -0.4 is 5.32 Å². The molecule has 1 aromatic rings. The summed E-state index contributed by atoms with van der Waals surface area (Å²) < 4.78 is 0. The van der Waals surface area contributed by atoms with Gasteiger partial charge < -0.3 is 5.32 Å². The van der Waals surface area contributed by atoms with Crippen LogP contribution in [-0.2, 0) is 4.79 Å². The fraction of sp³-hybridized carbons (Fsp3) is 0.417. The van der Waals surface area contributed by atoms with Gasteiger partial charge in [-0.2, -0.15) is 0 Å². The molecule has 2 nitrogen and oxygen atoms in total. The van der Waals surface area contributed by atoms with Crippen molar-refractivity contribution < 1.29 is 4.79 Å². The van der Waals surface area contributed by atoms with Crippen molar-refractivity contribution in [3.8, 4) is 0 Å². The average Bonchev–Trinajstić information content (AvgIpc) is 2.28. The van der Waals surface area contributed by atoms with Crippen molar-refractivity contribution in [1.82, 2.24) is 5.32 Å². The minimum atomic E-state index is -0.152. The predicted octanol–water partition coefficient (Wildman–Crippen LogP) is 3.37. The Labute approximate surface area is 109 Å². The molecule has 0 aliphatic heterocycles. The maximum absolute atomic E-state index is 11.5. The molecule has 16 heavy (non-hydrogen) atoms. The van der Waals surface area contributed by atoms with Crippen LogP contribution in [-0.4, -0.2) is 17.0 Å². The number of carbonyl (C=O) groups excluding carboxylic acids is 1. The normalized spacial score (nSPS) is 14.2. The van der Waals surface area contributed by atoms with E-state index in [1.807, 2.05) is 20.1 Å². The minimum absolute atomic E-state index is 0.0152. The summed E-state index contributed by atoms with van der Waals surface area (Å²) in [6.07, 6.45) is 2.05. The molecule has 88 valence electrons. The lowest BCUT2D eigenvalue weighted by molar-refractivity contribution is -0.120. The van der Waals surface area contributed by atoms with E-state index >= 15 is 0 Å². The maximum atomic E-state index is 11.5. The third-order valence-corrected chi connectivity index (χ3v) is 3.50. The van der Waals surface area contributed by atoms with E-state index in [1.54, 1.807) is 11.8 Å². The summed E-state index contributed by atoms with van der Waals surface area (Å²) in [5.74, 6) is 0.0152. The Morgan fingerprint density at radius 3 is 2.31 bits per heavy atom. The first-order valence-electron chi connectivity index (χ1n) is 5.13. The molecule has 0 saturated heterocycles. The van der Waals surface area contributed by atoms with Crippen LogP contribution in [0.2, 0.25) is 0 Å². The Hall–Kier alpha value is -0.480. The quantitative estimate of drug-likeness (QED) is 0.682. The van der Waals surface area contributed by atoms with Gasteiger partial charge in [-0.15, -0.1) is 11.8 Å². The molecule has 2 unspecified atom stereocenters. The van der Waals surface area contributed by atoms with Crippen LogP contribution in [0.1, 0.15) is 25.5 Å². The van der Waals surface area contributed by atoms with Crippen molar-refractivity contribution in [2.45, 2.75) is 29.6 Å². The van der Waals surface area contributed by atoms with E-state index < -0.39 is 0 Å². The Kier molecular flexibility index (Phi) is 5.35. The lowest BCUT2D eigenvalue weighted by atomic mass is 10.1. The van der Waals surface area contributed by atoms with E-state index in [-0.39, 0.29) is 16.8 Å². The minimum Gasteiger partial charge on any atom is -0.349 e. The van der Waals surface area contributed by atoms with E-state index in [0.717, 1.165) is 5.56 Å². The second kappa shape index (κ2) is 6.30. The Morgan fingerprint density at radius 1 is 1.31 bits per heavy atom. The van der Waals surface area contributed by atoms with Gasteiger partial charge >= 0.3 is 0 Å². The van der Waals surface area contributed by atoms with Gasteiger partial charge in [0.15, 0.2) is 0 Å². The molecule has 2 atom stereocenters. The maximum Gasteiger partial charge on any atom is 0.233 e. The zero-order chi connectivity index (χ0) is 12.1. The first kappa shape index (κ1) is 13.6. The zero-order valence-electron chi connectivity index (χ0n) is 9.66. The number of nitrogens with one attached hydrogen (secondary N) is 1. The molecule has 0 spiro atoms. The molecule has 4 heteroatoms. The molecule has 0 aromatic heterocycles. The molecule has 1 aromatic carbocycles. The van der Waals surface area contributed by atoms with Gasteiger partial charge in [0, 0.05) is 4.90 Å². The number of alkyl halides is 1. The number of thioether (sulfide) groups is 1. The van der Waals surface area contributed by atoms with Crippen LogP contribution in [0, 0.1) is 0 Å².